The van der Waals surface area contributed by atoms with Crippen LogP contribution in [0.1, 0.15) is 43.6 Å². The van der Waals surface area contributed by atoms with Crippen LogP contribution in [0.4, 0.5) is 0 Å². The van der Waals surface area contributed by atoms with Gasteiger partial charge in [0.25, 0.3) is 0 Å². The van der Waals surface area contributed by atoms with Gasteiger partial charge in [-0.2, -0.15) is 0 Å². The van der Waals surface area contributed by atoms with E-state index in [0.29, 0.717) is 12.6 Å². The summed E-state index contributed by atoms with van der Waals surface area (Å²) in [6, 6.07) is 10.1. The van der Waals surface area contributed by atoms with E-state index < -0.39 is 0 Å². The lowest BCUT2D eigenvalue weighted by atomic mass is 10.0. The normalized spacial score (nSPS) is 17.0. The summed E-state index contributed by atoms with van der Waals surface area (Å²) in [5.41, 5.74) is 1.13. The highest BCUT2D eigenvalue weighted by atomic mass is 16.5. The van der Waals surface area contributed by atoms with Gasteiger partial charge in [0.15, 0.2) is 5.96 Å². The third-order valence-corrected chi connectivity index (χ3v) is 4.50. The van der Waals surface area contributed by atoms with Gasteiger partial charge < -0.3 is 20.5 Å². The van der Waals surface area contributed by atoms with E-state index in [1.807, 2.05) is 30.3 Å². The van der Waals surface area contributed by atoms with E-state index in [1.54, 1.807) is 7.05 Å². The summed E-state index contributed by atoms with van der Waals surface area (Å²) in [6.07, 6.45) is 6.52. The molecule has 1 aromatic carbocycles. The molecule has 0 bridgehead atoms. The molecule has 1 atom stereocenters. The second-order valence-electron chi connectivity index (χ2n) is 6.30. The zero-order valence-corrected chi connectivity index (χ0v) is 14.7. The van der Waals surface area contributed by atoms with Crippen molar-refractivity contribution in [1.82, 2.24) is 10.6 Å². The lowest BCUT2D eigenvalue weighted by Gasteiger charge is -2.18. The van der Waals surface area contributed by atoms with Crippen molar-refractivity contribution in [1.29, 1.82) is 0 Å². The molecule has 1 aliphatic rings. The summed E-state index contributed by atoms with van der Waals surface area (Å²) < 4.78 is 5.86. The van der Waals surface area contributed by atoms with Gasteiger partial charge in [0, 0.05) is 32.7 Å². The van der Waals surface area contributed by atoms with Gasteiger partial charge in [-0.1, -0.05) is 43.2 Å². The zero-order valence-electron chi connectivity index (χ0n) is 14.7. The van der Waals surface area contributed by atoms with E-state index in [2.05, 4.69) is 15.6 Å². The Morgan fingerprint density at radius 3 is 2.67 bits per heavy atom. The first kappa shape index (κ1) is 18.7. The number of guanidine groups is 1. The van der Waals surface area contributed by atoms with Gasteiger partial charge in [-0.05, 0) is 24.8 Å². The lowest BCUT2D eigenvalue weighted by Crippen LogP contribution is -2.40. The number of aliphatic hydroxyl groups is 1. The van der Waals surface area contributed by atoms with E-state index in [9.17, 15) is 5.11 Å². The Kier molecular flexibility index (Phi) is 8.63. The minimum Gasteiger partial charge on any atom is -0.396 e. The van der Waals surface area contributed by atoms with E-state index in [0.717, 1.165) is 31.1 Å². The minimum absolute atomic E-state index is 0.0652. The molecule has 1 saturated carbocycles. The molecule has 1 aliphatic carbocycles. The number of aliphatic hydroxyl groups excluding tert-OH is 1. The molecule has 1 unspecified atom stereocenters. The largest absolute Gasteiger partial charge is 0.396 e. The Morgan fingerprint density at radius 2 is 2.00 bits per heavy atom. The summed E-state index contributed by atoms with van der Waals surface area (Å²) in [7, 11) is 1.76. The van der Waals surface area contributed by atoms with Gasteiger partial charge in [0.05, 0.1) is 12.7 Å². The summed E-state index contributed by atoms with van der Waals surface area (Å²) in [6.45, 7) is 2.40. The van der Waals surface area contributed by atoms with Gasteiger partial charge in [-0.3, -0.25) is 4.99 Å². The Labute approximate surface area is 145 Å². The fraction of sp³-hybridized carbons (Fsp3) is 0.632. The predicted octanol–water partition coefficient (Wildman–Crippen LogP) is 2.28. The third-order valence-electron chi connectivity index (χ3n) is 4.50. The fourth-order valence-corrected chi connectivity index (χ4v) is 3.04. The number of nitrogens with one attached hydrogen (secondary N) is 2. The summed E-state index contributed by atoms with van der Waals surface area (Å²) in [4.78, 5) is 4.24. The van der Waals surface area contributed by atoms with Crippen LogP contribution in [-0.4, -0.2) is 50.5 Å². The first-order valence-corrected chi connectivity index (χ1v) is 9.05. The lowest BCUT2D eigenvalue weighted by molar-refractivity contribution is 0.0574. The Morgan fingerprint density at radius 1 is 1.25 bits per heavy atom. The van der Waals surface area contributed by atoms with Crippen LogP contribution in [-0.2, 0) is 4.74 Å². The van der Waals surface area contributed by atoms with Gasteiger partial charge in [-0.25, -0.2) is 0 Å². The maximum Gasteiger partial charge on any atom is 0.191 e. The van der Waals surface area contributed by atoms with Crippen LogP contribution < -0.4 is 10.6 Å². The quantitative estimate of drug-likeness (QED) is 0.368. The second kappa shape index (κ2) is 11.0. The zero-order chi connectivity index (χ0) is 17.0. The van der Waals surface area contributed by atoms with Crippen LogP contribution in [0.5, 0.6) is 0 Å². The molecular formula is C19H31N3O2. The molecule has 0 aromatic heterocycles. The van der Waals surface area contributed by atoms with Crippen molar-refractivity contribution >= 4 is 5.96 Å². The maximum atomic E-state index is 9.60. The predicted molar refractivity (Wildman–Crippen MR) is 98.5 cm³/mol. The molecule has 1 aromatic rings. The Bertz CT molecular complexity index is 473. The van der Waals surface area contributed by atoms with E-state index in [1.165, 1.54) is 25.7 Å². The van der Waals surface area contributed by atoms with Crippen molar-refractivity contribution in [2.45, 2.75) is 44.1 Å². The van der Waals surface area contributed by atoms with Crippen molar-refractivity contribution in [3.05, 3.63) is 35.9 Å². The van der Waals surface area contributed by atoms with E-state index in [4.69, 9.17) is 4.74 Å². The molecule has 24 heavy (non-hydrogen) atoms. The molecular weight excluding hydrogens is 302 g/mol. The molecule has 5 heteroatoms. The van der Waals surface area contributed by atoms with Crippen LogP contribution in [0.3, 0.4) is 0 Å². The number of aliphatic imine (C=N–C) groups is 1. The molecule has 0 radical (unpaired) electrons. The van der Waals surface area contributed by atoms with E-state index in [-0.39, 0.29) is 12.5 Å². The summed E-state index contributed by atoms with van der Waals surface area (Å²) >= 11 is 0. The molecule has 134 valence electrons. The van der Waals surface area contributed by atoms with Crippen LogP contribution in [0.15, 0.2) is 35.3 Å². The molecule has 2 rings (SSSR count). The van der Waals surface area contributed by atoms with Gasteiger partial charge in [0.1, 0.15) is 0 Å². The van der Waals surface area contributed by atoms with Crippen LogP contribution in [0, 0.1) is 0 Å². The smallest absolute Gasteiger partial charge is 0.191 e. The van der Waals surface area contributed by atoms with Crippen molar-refractivity contribution in [3.8, 4) is 0 Å². The van der Waals surface area contributed by atoms with Crippen LogP contribution in [0.2, 0.25) is 0 Å². The molecule has 0 heterocycles. The third kappa shape index (κ3) is 6.49. The first-order valence-electron chi connectivity index (χ1n) is 9.05. The first-order chi connectivity index (χ1) is 11.8. The Hall–Kier alpha value is -1.59. The number of rotatable bonds is 9. The minimum atomic E-state index is 0.0652. The molecule has 0 spiro atoms. The highest BCUT2D eigenvalue weighted by Crippen LogP contribution is 2.20. The molecule has 0 aliphatic heterocycles. The fourth-order valence-electron chi connectivity index (χ4n) is 3.04. The average molecular weight is 333 g/mol. The Balaban J connectivity index is 1.62. The van der Waals surface area contributed by atoms with Gasteiger partial charge in [0.2, 0.25) is 0 Å². The highest BCUT2D eigenvalue weighted by molar-refractivity contribution is 5.79. The van der Waals surface area contributed by atoms with Crippen molar-refractivity contribution in [2.75, 3.05) is 33.4 Å². The van der Waals surface area contributed by atoms with E-state index >= 15 is 0 Å². The molecule has 0 amide bonds. The molecule has 1 fully saturated rings. The monoisotopic (exact) mass is 333 g/mol. The van der Waals surface area contributed by atoms with Gasteiger partial charge >= 0.3 is 0 Å². The number of benzene rings is 1. The van der Waals surface area contributed by atoms with Crippen molar-refractivity contribution in [2.24, 2.45) is 4.99 Å². The van der Waals surface area contributed by atoms with Gasteiger partial charge in [-0.15, -0.1) is 0 Å². The number of ether oxygens (including phenoxy) is 1. The number of hydrogen-bond acceptors (Lipinski definition) is 3. The molecule has 0 saturated heterocycles. The topological polar surface area (TPSA) is 65.9 Å². The summed E-state index contributed by atoms with van der Waals surface area (Å²) in [5, 5.41) is 16.2. The van der Waals surface area contributed by atoms with Crippen LogP contribution in [0.25, 0.3) is 0 Å². The number of nitrogens with zero attached hydrogens (tertiary/aromatic N) is 1. The standard InChI is InChI=1S/C19H31N3O2/c1-20-19(21-12-7-13-24-18-10-5-6-11-18)22-14-17(15-23)16-8-3-2-4-9-16/h2-4,8-9,17-18,23H,5-7,10-15H2,1H3,(H2,20,21,22). The maximum absolute atomic E-state index is 9.60. The number of hydrogen-bond donors (Lipinski definition) is 3. The SMILES string of the molecule is CN=C(NCCCOC1CCCC1)NCC(CO)c1ccccc1. The second-order valence-corrected chi connectivity index (χ2v) is 6.30. The molecule has 5 nitrogen and oxygen atoms in total. The van der Waals surface area contributed by atoms with Crippen LogP contribution >= 0.6 is 0 Å². The average Bonchev–Trinajstić information content (AvgIpc) is 3.14. The highest BCUT2D eigenvalue weighted by Gasteiger charge is 2.14. The van der Waals surface area contributed by atoms with Crippen molar-refractivity contribution < 1.29 is 9.84 Å². The molecule has 3 N–H and O–H groups in total. The summed E-state index contributed by atoms with van der Waals surface area (Å²) in [5.74, 6) is 0.834. The van der Waals surface area contributed by atoms with Crippen molar-refractivity contribution in [3.63, 3.8) is 0 Å².